The fraction of sp³-hybridized carbons (Fsp3) is 0.176. The van der Waals surface area contributed by atoms with E-state index < -0.39 is 5.97 Å². The average molecular weight is 314 g/mol. The zero-order chi connectivity index (χ0) is 16.4. The van der Waals surface area contributed by atoms with Crippen molar-refractivity contribution in [3.63, 3.8) is 0 Å². The van der Waals surface area contributed by atoms with Crippen LogP contribution in [0.4, 0.5) is 4.39 Å². The van der Waals surface area contributed by atoms with Crippen LogP contribution in [0.25, 0.3) is 11.3 Å². The van der Waals surface area contributed by atoms with E-state index in [0.29, 0.717) is 17.1 Å². The van der Waals surface area contributed by atoms with Gasteiger partial charge in [-0.1, -0.05) is 5.16 Å². The number of nitrogens with zero attached hydrogens (tertiary/aromatic N) is 2. The molecule has 0 amide bonds. The van der Waals surface area contributed by atoms with Crippen molar-refractivity contribution in [1.29, 1.82) is 0 Å². The largest absolute Gasteiger partial charge is 0.454 e. The van der Waals surface area contributed by atoms with Crippen LogP contribution in [0.1, 0.15) is 21.7 Å². The van der Waals surface area contributed by atoms with Crippen LogP contribution in [0.2, 0.25) is 0 Å². The van der Waals surface area contributed by atoms with E-state index in [4.69, 9.17) is 9.26 Å². The highest BCUT2D eigenvalue weighted by atomic mass is 19.1. The Kier molecular flexibility index (Phi) is 3.97. The summed E-state index contributed by atoms with van der Waals surface area (Å²) in [5.41, 5.74) is 2.48. The summed E-state index contributed by atoms with van der Waals surface area (Å²) in [6, 6.07) is 9.39. The number of aryl methyl sites for hydroxylation is 1. The maximum absolute atomic E-state index is 13.0. The third-order valence-corrected chi connectivity index (χ3v) is 3.62. The molecule has 0 aliphatic carbocycles. The van der Waals surface area contributed by atoms with Gasteiger partial charge < -0.3 is 13.8 Å². The summed E-state index contributed by atoms with van der Waals surface area (Å²) in [5.74, 6) is -0.208. The minimum absolute atomic E-state index is 0.0144. The van der Waals surface area contributed by atoms with Crippen molar-refractivity contribution in [2.75, 3.05) is 0 Å². The predicted molar refractivity (Wildman–Crippen MR) is 81.2 cm³/mol. The Labute approximate surface area is 132 Å². The van der Waals surface area contributed by atoms with Crippen molar-refractivity contribution in [2.24, 2.45) is 7.05 Å². The molecule has 0 fully saturated rings. The van der Waals surface area contributed by atoms with Crippen molar-refractivity contribution in [3.05, 3.63) is 65.4 Å². The lowest BCUT2D eigenvalue weighted by Gasteiger charge is -2.04. The van der Waals surface area contributed by atoms with E-state index in [0.717, 1.165) is 11.1 Å². The highest BCUT2D eigenvalue weighted by Crippen LogP contribution is 2.26. The summed E-state index contributed by atoms with van der Waals surface area (Å²) in [6.07, 6.45) is 1.77. The van der Waals surface area contributed by atoms with Gasteiger partial charge in [0.25, 0.3) is 0 Å². The van der Waals surface area contributed by atoms with Gasteiger partial charge in [-0.05, 0) is 43.3 Å². The van der Waals surface area contributed by atoms with Crippen LogP contribution in [-0.4, -0.2) is 15.7 Å². The number of rotatable bonds is 4. The maximum atomic E-state index is 13.0. The maximum Gasteiger partial charge on any atom is 0.355 e. The molecule has 0 aliphatic rings. The Balaban J connectivity index is 1.74. The van der Waals surface area contributed by atoms with Crippen LogP contribution < -0.4 is 0 Å². The Morgan fingerprint density at radius 3 is 2.70 bits per heavy atom. The normalized spacial score (nSPS) is 10.7. The summed E-state index contributed by atoms with van der Waals surface area (Å²) < 4.78 is 25.2. The van der Waals surface area contributed by atoms with Crippen LogP contribution in [-0.2, 0) is 18.4 Å². The topological polar surface area (TPSA) is 57.3 Å². The third kappa shape index (κ3) is 3.01. The SMILES string of the molecule is Cc1c(COC(=O)c2cccn2C)noc1-c1ccc(F)cc1. The smallest absolute Gasteiger partial charge is 0.355 e. The molecule has 3 rings (SSSR count). The molecular formula is C17H15FN2O3. The molecule has 0 saturated heterocycles. The highest BCUT2D eigenvalue weighted by Gasteiger charge is 2.17. The molecule has 0 atom stereocenters. The van der Waals surface area contributed by atoms with Crippen LogP contribution in [0.15, 0.2) is 47.1 Å². The van der Waals surface area contributed by atoms with Crippen molar-refractivity contribution in [2.45, 2.75) is 13.5 Å². The Morgan fingerprint density at radius 1 is 1.30 bits per heavy atom. The second kappa shape index (κ2) is 6.08. The van der Waals surface area contributed by atoms with Gasteiger partial charge in [0.1, 0.15) is 23.8 Å². The monoisotopic (exact) mass is 314 g/mol. The molecule has 0 aliphatic heterocycles. The molecule has 118 valence electrons. The van der Waals surface area contributed by atoms with E-state index in [1.54, 1.807) is 42.1 Å². The highest BCUT2D eigenvalue weighted by molar-refractivity contribution is 5.87. The summed E-state index contributed by atoms with van der Waals surface area (Å²) in [5, 5.41) is 3.94. The lowest BCUT2D eigenvalue weighted by atomic mass is 10.1. The molecule has 5 nitrogen and oxygen atoms in total. The van der Waals surface area contributed by atoms with Crippen LogP contribution in [0.5, 0.6) is 0 Å². The van der Waals surface area contributed by atoms with Gasteiger partial charge in [0, 0.05) is 24.4 Å². The minimum atomic E-state index is -0.428. The lowest BCUT2D eigenvalue weighted by Crippen LogP contribution is -2.10. The molecule has 0 spiro atoms. The zero-order valence-corrected chi connectivity index (χ0v) is 12.7. The van der Waals surface area contributed by atoms with Crippen molar-refractivity contribution < 1.29 is 18.4 Å². The number of halogens is 1. The third-order valence-electron chi connectivity index (χ3n) is 3.62. The lowest BCUT2D eigenvalue weighted by molar-refractivity contribution is 0.0452. The number of hydrogen-bond donors (Lipinski definition) is 0. The van der Waals surface area contributed by atoms with Gasteiger partial charge in [-0.25, -0.2) is 9.18 Å². The molecule has 6 heteroatoms. The molecule has 0 radical (unpaired) electrons. The zero-order valence-electron chi connectivity index (χ0n) is 12.7. The summed E-state index contributed by atoms with van der Waals surface area (Å²) in [4.78, 5) is 12.0. The van der Waals surface area contributed by atoms with Gasteiger partial charge in [-0.2, -0.15) is 0 Å². The number of aromatic nitrogens is 2. The van der Waals surface area contributed by atoms with Gasteiger partial charge in [-0.3, -0.25) is 0 Å². The number of carbonyl (C=O) groups excluding carboxylic acids is 1. The molecule has 2 heterocycles. The molecule has 1 aromatic carbocycles. The molecule has 2 aromatic heterocycles. The predicted octanol–water partition coefficient (Wildman–Crippen LogP) is 3.48. The number of benzene rings is 1. The molecule has 0 N–H and O–H groups in total. The first-order chi connectivity index (χ1) is 11.1. The fourth-order valence-corrected chi connectivity index (χ4v) is 2.25. The summed E-state index contributed by atoms with van der Waals surface area (Å²) in [7, 11) is 1.77. The number of hydrogen-bond acceptors (Lipinski definition) is 4. The van der Waals surface area contributed by atoms with Gasteiger partial charge in [0.05, 0.1) is 0 Å². The van der Waals surface area contributed by atoms with E-state index in [9.17, 15) is 9.18 Å². The Hall–Kier alpha value is -2.89. The van der Waals surface area contributed by atoms with Crippen LogP contribution in [0, 0.1) is 12.7 Å². The standard InChI is InChI=1S/C17H15FN2O3/c1-11-14(10-22-17(21)15-4-3-9-20(15)2)19-23-16(11)12-5-7-13(18)8-6-12/h3-9H,10H2,1-2H3. The van der Waals surface area contributed by atoms with E-state index in [1.165, 1.54) is 12.1 Å². The first kappa shape index (κ1) is 15.0. The fourth-order valence-electron chi connectivity index (χ4n) is 2.25. The average Bonchev–Trinajstić information content (AvgIpc) is 3.12. The molecular weight excluding hydrogens is 299 g/mol. The van der Waals surface area contributed by atoms with Crippen LogP contribution in [0.3, 0.4) is 0 Å². The molecule has 23 heavy (non-hydrogen) atoms. The molecule has 0 unspecified atom stereocenters. The van der Waals surface area contributed by atoms with Gasteiger partial charge >= 0.3 is 5.97 Å². The summed E-state index contributed by atoms with van der Waals surface area (Å²) >= 11 is 0. The Bertz CT molecular complexity index is 834. The van der Waals surface area contributed by atoms with Gasteiger partial charge in [0.2, 0.25) is 0 Å². The number of ether oxygens (including phenoxy) is 1. The van der Waals surface area contributed by atoms with Crippen molar-refractivity contribution >= 4 is 5.97 Å². The summed E-state index contributed by atoms with van der Waals surface area (Å²) in [6.45, 7) is 1.83. The molecule has 0 saturated carbocycles. The van der Waals surface area contributed by atoms with Gasteiger partial charge in [0.15, 0.2) is 5.76 Å². The molecule has 0 bridgehead atoms. The van der Waals surface area contributed by atoms with E-state index in [2.05, 4.69) is 5.16 Å². The van der Waals surface area contributed by atoms with E-state index in [-0.39, 0.29) is 12.4 Å². The Morgan fingerprint density at radius 2 is 2.04 bits per heavy atom. The number of carbonyl (C=O) groups is 1. The van der Waals surface area contributed by atoms with E-state index in [1.807, 2.05) is 6.92 Å². The minimum Gasteiger partial charge on any atom is -0.454 e. The second-order valence-corrected chi connectivity index (χ2v) is 5.17. The van der Waals surface area contributed by atoms with Gasteiger partial charge in [-0.15, -0.1) is 0 Å². The first-order valence-electron chi connectivity index (χ1n) is 7.06. The van der Waals surface area contributed by atoms with Crippen molar-refractivity contribution in [1.82, 2.24) is 9.72 Å². The van der Waals surface area contributed by atoms with Crippen molar-refractivity contribution in [3.8, 4) is 11.3 Å². The quantitative estimate of drug-likeness (QED) is 0.692. The second-order valence-electron chi connectivity index (χ2n) is 5.17. The first-order valence-corrected chi connectivity index (χ1v) is 7.06. The molecule has 3 aromatic rings. The van der Waals surface area contributed by atoms with Crippen LogP contribution >= 0.6 is 0 Å². The van der Waals surface area contributed by atoms with E-state index >= 15 is 0 Å². The number of esters is 1.